The lowest BCUT2D eigenvalue weighted by atomic mass is 10.1. The summed E-state index contributed by atoms with van der Waals surface area (Å²) < 4.78 is 12.6. The minimum atomic E-state index is -1.56. The molecule has 0 spiro atoms. The number of amides is 1. The third-order valence-electron chi connectivity index (χ3n) is 4.86. The number of carbonyl (C=O) groups is 1. The summed E-state index contributed by atoms with van der Waals surface area (Å²) in [7, 11) is -1.56. The zero-order chi connectivity index (χ0) is 22.3. The number of carbonyl (C=O) groups excluding carboxylic acids is 1. The van der Waals surface area contributed by atoms with Crippen molar-refractivity contribution in [1.29, 1.82) is 0 Å². The molecule has 164 valence electrons. The van der Waals surface area contributed by atoms with Crippen molar-refractivity contribution in [3.05, 3.63) is 26.7 Å². The first-order chi connectivity index (χ1) is 13.8. The van der Waals surface area contributed by atoms with E-state index in [9.17, 15) is 4.79 Å². The van der Waals surface area contributed by atoms with Crippen LogP contribution in [0, 0.1) is 11.5 Å². The van der Waals surface area contributed by atoms with Gasteiger partial charge in [0.25, 0.3) is 0 Å². The number of benzene rings is 1. The Morgan fingerprint density at radius 2 is 2.03 bits per heavy atom. The van der Waals surface area contributed by atoms with Crippen molar-refractivity contribution >= 4 is 41.7 Å². The van der Waals surface area contributed by atoms with Crippen molar-refractivity contribution < 1.29 is 14.3 Å². The van der Waals surface area contributed by atoms with Gasteiger partial charge in [0.2, 0.25) is 0 Å². The van der Waals surface area contributed by atoms with Gasteiger partial charge < -0.3 is 14.4 Å². The lowest BCUT2D eigenvalue weighted by molar-refractivity contribution is -0.00155. The van der Waals surface area contributed by atoms with Crippen LogP contribution in [0.1, 0.15) is 31.9 Å². The Bertz CT molecular complexity index is 899. The van der Waals surface area contributed by atoms with Crippen LogP contribution in [0.5, 0.6) is 5.75 Å². The SMILES string of the molecule is CC(C)(C)OC(=O)N1CCN2Cc3cc(Cl)c(Br)c(C#C[Si](C)(C)C)c3OC[C@H]2C1. The van der Waals surface area contributed by atoms with Crippen LogP contribution < -0.4 is 4.74 Å². The Kier molecular flexibility index (Phi) is 6.83. The molecule has 30 heavy (non-hydrogen) atoms. The zero-order valence-electron chi connectivity index (χ0n) is 18.6. The fraction of sp³-hybridized carbons (Fsp3) is 0.591. The highest BCUT2D eigenvalue weighted by molar-refractivity contribution is 9.10. The molecule has 2 aliphatic rings. The maximum Gasteiger partial charge on any atom is 0.410 e. The molecule has 0 aliphatic carbocycles. The summed E-state index contributed by atoms with van der Waals surface area (Å²) in [6.45, 7) is 15.5. The van der Waals surface area contributed by atoms with E-state index in [2.05, 4.69) is 51.9 Å². The van der Waals surface area contributed by atoms with Gasteiger partial charge in [-0.3, -0.25) is 4.90 Å². The third kappa shape index (κ3) is 5.73. The van der Waals surface area contributed by atoms with E-state index in [1.807, 2.05) is 26.8 Å². The molecule has 1 aromatic carbocycles. The van der Waals surface area contributed by atoms with Crippen molar-refractivity contribution in [2.45, 2.75) is 58.6 Å². The van der Waals surface area contributed by atoms with E-state index in [1.54, 1.807) is 4.90 Å². The number of fused-ring (bicyclic) bond motifs is 2. The fourth-order valence-corrected chi connectivity index (χ4v) is 4.58. The lowest BCUT2D eigenvalue weighted by Gasteiger charge is -2.40. The molecule has 0 aromatic heterocycles. The first kappa shape index (κ1) is 23.5. The van der Waals surface area contributed by atoms with Crippen LogP contribution in [0.4, 0.5) is 4.79 Å². The predicted molar refractivity (Wildman–Crippen MR) is 127 cm³/mol. The van der Waals surface area contributed by atoms with Gasteiger partial charge in [-0.25, -0.2) is 4.79 Å². The topological polar surface area (TPSA) is 42.0 Å². The predicted octanol–water partition coefficient (Wildman–Crippen LogP) is 5.15. The summed E-state index contributed by atoms with van der Waals surface area (Å²) in [4.78, 5) is 16.7. The van der Waals surface area contributed by atoms with E-state index < -0.39 is 13.7 Å². The van der Waals surface area contributed by atoms with E-state index in [1.165, 1.54) is 0 Å². The van der Waals surface area contributed by atoms with Crippen LogP contribution in [-0.2, 0) is 11.3 Å². The standard InChI is InChI=1S/C22H30BrClN2O3Si/c1-22(2,3)29-21(27)26-9-8-25-12-15-11-18(24)19(23)17(7-10-30(4,5)6)20(15)28-14-16(25)13-26/h11,16H,8-9,12-14H2,1-6H3/t16-/m1/s1. The Morgan fingerprint density at radius 3 is 2.67 bits per heavy atom. The van der Waals surface area contributed by atoms with Gasteiger partial charge >= 0.3 is 6.09 Å². The second-order valence-corrected chi connectivity index (χ2v) is 15.8. The number of ether oxygens (including phenoxy) is 2. The Morgan fingerprint density at radius 1 is 1.33 bits per heavy atom. The first-order valence-electron chi connectivity index (χ1n) is 10.2. The van der Waals surface area contributed by atoms with E-state index in [-0.39, 0.29) is 12.1 Å². The smallest absolute Gasteiger partial charge is 0.410 e. The van der Waals surface area contributed by atoms with E-state index in [0.29, 0.717) is 24.7 Å². The van der Waals surface area contributed by atoms with Crippen LogP contribution in [0.15, 0.2) is 10.5 Å². The summed E-state index contributed by atoms with van der Waals surface area (Å²) in [6, 6.07) is 2.05. The molecule has 0 radical (unpaired) electrons. The number of hydrogen-bond donors (Lipinski definition) is 0. The maximum atomic E-state index is 12.5. The van der Waals surface area contributed by atoms with E-state index in [0.717, 1.165) is 34.4 Å². The molecule has 0 saturated carbocycles. The quantitative estimate of drug-likeness (QED) is 0.356. The van der Waals surface area contributed by atoms with Crippen molar-refractivity contribution in [2.24, 2.45) is 0 Å². The van der Waals surface area contributed by atoms with Gasteiger partial charge in [-0.1, -0.05) is 37.2 Å². The zero-order valence-corrected chi connectivity index (χ0v) is 21.9. The second kappa shape index (κ2) is 8.74. The van der Waals surface area contributed by atoms with Crippen LogP contribution >= 0.6 is 27.5 Å². The highest BCUT2D eigenvalue weighted by Crippen LogP contribution is 2.39. The van der Waals surface area contributed by atoms with Gasteiger partial charge in [0.15, 0.2) is 0 Å². The van der Waals surface area contributed by atoms with E-state index >= 15 is 0 Å². The molecule has 5 nitrogen and oxygen atoms in total. The molecule has 3 rings (SSSR count). The van der Waals surface area contributed by atoms with Gasteiger partial charge in [-0.05, 0) is 42.8 Å². The minimum Gasteiger partial charge on any atom is -0.490 e. The van der Waals surface area contributed by atoms with Gasteiger partial charge in [-0.15, -0.1) is 5.54 Å². The van der Waals surface area contributed by atoms with Gasteiger partial charge in [0.1, 0.15) is 26.0 Å². The molecule has 1 amide bonds. The summed E-state index contributed by atoms with van der Waals surface area (Å²) in [6.07, 6.45) is -0.267. The van der Waals surface area contributed by atoms with Crippen LogP contribution in [-0.4, -0.2) is 61.9 Å². The monoisotopic (exact) mass is 512 g/mol. The van der Waals surface area contributed by atoms with Crippen molar-refractivity contribution in [3.8, 4) is 17.2 Å². The molecule has 8 heteroatoms. The average molecular weight is 514 g/mol. The molecule has 0 N–H and O–H groups in total. The second-order valence-electron chi connectivity index (χ2n) is 9.90. The van der Waals surface area contributed by atoms with Crippen molar-refractivity contribution in [2.75, 3.05) is 26.2 Å². The molecule has 1 aromatic rings. The van der Waals surface area contributed by atoms with Crippen molar-refractivity contribution in [1.82, 2.24) is 9.80 Å². The summed E-state index contributed by atoms with van der Waals surface area (Å²) in [5, 5.41) is 0.642. The van der Waals surface area contributed by atoms with Gasteiger partial charge in [-0.2, -0.15) is 0 Å². The number of rotatable bonds is 0. The molecule has 2 heterocycles. The summed E-state index contributed by atoms with van der Waals surface area (Å²) >= 11 is 10.1. The minimum absolute atomic E-state index is 0.0917. The first-order valence-corrected chi connectivity index (χ1v) is 14.9. The van der Waals surface area contributed by atoms with Gasteiger partial charge in [0.05, 0.1) is 21.1 Å². The average Bonchev–Trinajstić information content (AvgIpc) is 2.78. The van der Waals surface area contributed by atoms with Crippen molar-refractivity contribution in [3.63, 3.8) is 0 Å². The largest absolute Gasteiger partial charge is 0.490 e. The maximum absolute atomic E-state index is 12.5. The molecule has 1 saturated heterocycles. The Labute approximate surface area is 194 Å². The van der Waals surface area contributed by atoms with Crippen LogP contribution in [0.25, 0.3) is 0 Å². The molecule has 1 atom stereocenters. The molecule has 2 aliphatic heterocycles. The number of nitrogens with zero attached hydrogens (tertiary/aromatic N) is 2. The summed E-state index contributed by atoms with van der Waals surface area (Å²) in [5.41, 5.74) is 4.78. The normalized spacial score (nSPS) is 19.6. The Balaban J connectivity index is 1.85. The van der Waals surface area contributed by atoms with Gasteiger partial charge in [0, 0.05) is 31.7 Å². The molecule has 0 bridgehead atoms. The molecular formula is C22H30BrClN2O3Si. The van der Waals surface area contributed by atoms with E-state index in [4.69, 9.17) is 21.1 Å². The fourth-order valence-electron chi connectivity index (χ4n) is 3.46. The number of piperazine rings is 1. The Hall–Kier alpha value is -1.20. The number of hydrogen-bond acceptors (Lipinski definition) is 4. The summed E-state index contributed by atoms with van der Waals surface area (Å²) in [5.74, 6) is 4.14. The number of halogens is 2. The van der Waals surface area contributed by atoms with Crippen LogP contribution in [0.2, 0.25) is 24.7 Å². The lowest BCUT2D eigenvalue weighted by Crippen LogP contribution is -2.56. The highest BCUT2D eigenvalue weighted by atomic mass is 79.9. The molecule has 1 fully saturated rings. The molecule has 0 unspecified atom stereocenters. The third-order valence-corrected chi connectivity index (χ3v) is 7.09. The molecular weight excluding hydrogens is 484 g/mol. The van der Waals surface area contributed by atoms with Crippen LogP contribution in [0.3, 0.4) is 0 Å². The highest BCUT2D eigenvalue weighted by Gasteiger charge is 2.35.